The first kappa shape index (κ1) is 60.2. The Bertz CT molecular complexity index is 899. The zero-order valence-corrected chi connectivity index (χ0v) is 35.1. The van der Waals surface area contributed by atoms with Crippen LogP contribution in [0.25, 0.3) is 11.1 Å². The van der Waals surface area contributed by atoms with E-state index < -0.39 is 0 Å². The van der Waals surface area contributed by atoms with Crippen molar-refractivity contribution in [3.63, 3.8) is 0 Å². The Morgan fingerprint density at radius 2 is 0.814 bits per heavy atom. The summed E-state index contributed by atoms with van der Waals surface area (Å²) in [6, 6.07) is 31.2. The van der Waals surface area contributed by atoms with Crippen LogP contribution in [0.1, 0.15) is 20.8 Å². The fourth-order valence-corrected chi connectivity index (χ4v) is 2.68. The third kappa shape index (κ3) is 53.0. The van der Waals surface area contributed by atoms with Crippen LogP contribution in [0.15, 0.2) is 115 Å². The van der Waals surface area contributed by atoms with Gasteiger partial charge >= 0.3 is 63.2 Å². The van der Waals surface area contributed by atoms with Crippen molar-refractivity contribution >= 4 is 38.2 Å². The van der Waals surface area contributed by atoms with Gasteiger partial charge in [0.05, 0.1) is 12.6 Å². The quantitative estimate of drug-likeness (QED) is 0.123. The zero-order valence-electron chi connectivity index (χ0n) is 25.4. The molecule has 0 atom stereocenters. The first-order chi connectivity index (χ1) is 19.6. The molecule has 0 aliphatic heterocycles. The van der Waals surface area contributed by atoms with Crippen LogP contribution >= 0.6 is 8.20 Å². The van der Waals surface area contributed by atoms with Gasteiger partial charge in [0, 0.05) is 5.30 Å². The number of carbonyl (C=O) groups excluding carboxylic acids is 3. The van der Waals surface area contributed by atoms with Crippen molar-refractivity contribution < 1.29 is 82.7 Å². The van der Waals surface area contributed by atoms with E-state index in [1.807, 2.05) is 18.2 Å². The number of hydrogen-bond donors (Lipinski definition) is 1. The van der Waals surface area contributed by atoms with Crippen LogP contribution in [-0.4, -0.2) is 29.8 Å². The summed E-state index contributed by atoms with van der Waals surface area (Å²) >= 11 is 0. The van der Waals surface area contributed by atoms with E-state index in [4.69, 9.17) is 9.90 Å². The van der Waals surface area contributed by atoms with Crippen molar-refractivity contribution in [2.45, 2.75) is 20.8 Å². The van der Waals surface area contributed by atoms with Crippen LogP contribution in [0.3, 0.4) is 0 Å². The van der Waals surface area contributed by atoms with E-state index in [2.05, 4.69) is 127 Å². The van der Waals surface area contributed by atoms with E-state index in [0.29, 0.717) is 18.9 Å². The maximum atomic E-state index is 9.28. The number of aliphatic hydroxyl groups is 1. The number of aliphatic hydroxyl groups excluding tert-OH is 1. The van der Waals surface area contributed by atoms with Gasteiger partial charge in [0.2, 0.25) is 0 Å². The van der Waals surface area contributed by atoms with Crippen LogP contribution in [0, 0.1) is 41.7 Å². The molecule has 0 amide bonds. The molecule has 0 unspecified atom stereocenters. The van der Waals surface area contributed by atoms with E-state index in [1.165, 1.54) is 48.9 Å². The van der Waals surface area contributed by atoms with Crippen molar-refractivity contribution in [1.29, 1.82) is 0 Å². The summed E-state index contributed by atoms with van der Waals surface area (Å²) in [7, 11) is 3.56. The first-order valence-electron chi connectivity index (χ1n) is 12.0. The van der Waals surface area contributed by atoms with Gasteiger partial charge in [-0.2, -0.15) is 26.0 Å². The second-order valence-electron chi connectivity index (χ2n) is 5.75. The van der Waals surface area contributed by atoms with Crippen molar-refractivity contribution in [1.82, 2.24) is 0 Å². The Balaban J connectivity index is -0.0000000594. The van der Waals surface area contributed by atoms with Crippen molar-refractivity contribution in [2.75, 3.05) is 0 Å². The van der Waals surface area contributed by atoms with Gasteiger partial charge in [0.1, 0.15) is 0 Å². The number of allylic oxidation sites excluding steroid dienone is 4. The molecular formula is C35H45O4PW3. The molecule has 0 radical (unpaired) electrons. The van der Waals surface area contributed by atoms with Gasteiger partial charge < -0.3 is 40.3 Å². The second kappa shape index (κ2) is 63.3. The minimum absolute atomic E-state index is 0. The van der Waals surface area contributed by atoms with Gasteiger partial charge in [0.25, 0.3) is 0 Å². The summed E-state index contributed by atoms with van der Waals surface area (Å²) in [6.45, 7) is 21.4. The number of rotatable bonds is 4. The summed E-state index contributed by atoms with van der Waals surface area (Å²) in [5, 5.41) is 8.11. The molecule has 0 bridgehead atoms. The summed E-state index contributed by atoms with van der Waals surface area (Å²) < 4.78 is 0. The van der Waals surface area contributed by atoms with E-state index in [-0.39, 0.29) is 63.2 Å². The van der Waals surface area contributed by atoms with Gasteiger partial charge in [-0.3, -0.25) is 0 Å². The standard InChI is InChI=1S/C12H10.C8H9P.2C4H5O.C2H3O.2C2H5.CH3O.3W/c1-3-7-11(8-4-1)12-9-5-2-6-10-12;1-2-9-8-6-4-3-5-7-8;2*1-2-3-4-5;1-2-3;3*1-2;;;/h1-10H;2-7H,1H3;2*2-4H,1H2;2H,1H2;2*1H2,2H3;2H,1H2;;;/q;;6*-1;3*+2/b;;2*3-2+;;;;;;;. The average molecular weight is 1110 g/mol. The van der Waals surface area contributed by atoms with Gasteiger partial charge in [-0.25, -0.2) is 33.1 Å². The minimum Gasteiger partial charge on any atom is -0.569 e. The van der Waals surface area contributed by atoms with E-state index in [1.54, 1.807) is 13.8 Å². The molecule has 0 aromatic heterocycles. The number of aldehydes is 3. The van der Waals surface area contributed by atoms with Crippen molar-refractivity contribution in [3.05, 3.63) is 157 Å². The maximum Gasteiger partial charge on any atom is 2.00 e. The summed E-state index contributed by atoms with van der Waals surface area (Å²) in [5.74, 6) is 2.13. The average Bonchev–Trinajstić information content (AvgIpc) is 3.04. The summed E-state index contributed by atoms with van der Waals surface area (Å²) in [6.07, 6.45) is 7.42. The van der Waals surface area contributed by atoms with Gasteiger partial charge in [-0.05, 0) is 24.3 Å². The largest absolute Gasteiger partial charge is 2.00 e. The van der Waals surface area contributed by atoms with Crippen molar-refractivity contribution in [3.8, 4) is 11.1 Å². The topological polar surface area (TPSA) is 71.4 Å². The number of hydrogen-bond acceptors (Lipinski definition) is 4. The molecule has 0 spiro atoms. The Labute approximate surface area is 307 Å². The Morgan fingerprint density at radius 3 is 1.00 bits per heavy atom. The van der Waals surface area contributed by atoms with Crippen LogP contribution in [0.2, 0.25) is 0 Å². The molecule has 4 nitrogen and oxygen atoms in total. The second-order valence-corrected chi connectivity index (χ2v) is 7.04. The minimum atomic E-state index is 0. The fraction of sp³-hybridized carbons (Fsp3) is 0.0857. The third-order valence-corrected chi connectivity index (χ3v) is 4.20. The zero-order chi connectivity index (χ0) is 31.7. The summed E-state index contributed by atoms with van der Waals surface area (Å²) in [4.78, 5) is 27.3. The monoisotopic (exact) mass is 1110 g/mol. The Hall–Kier alpha value is -2.05. The molecule has 0 aliphatic carbocycles. The predicted molar refractivity (Wildman–Crippen MR) is 179 cm³/mol. The molecule has 0 aliphatic rings. The van der Waals surface area contributed by atoms with Crippen LogP contribution < -0.4 is 5.30 Å². The predicted octanol–water partition coefficient (Wildman–Crippen LogP) is 8.43. The molecule has 3 rings (SSSR count). The van der Waals surface area contributed by atoms with Crippen molar-refractivity contribution in [2.24, 2.45) is 0 Å². The smallest absolute Gasteiger partial charge is 0.569 e. The molecule has 0 fully saturated rings. The molecule has 232 valence electrons. The molecule has 3 aromatic carbocycles. The van der Waals surface area contributed by atoms with Crippen LogP contribution in [-0.2, 0) is 77.6 Å². The van der Waals surface area contributed by atoms with E-state index in [9.17, 15) is 9.59 Å². The van der Waals surface area contributed by atoms with Gasteiger partial charge in [-0.1, -0.05) is 105 Å². The molecular weight excluding hydrogens is 1070 g/mol. The fourth-order valence-electron chi connectivity index (χ4n) is 2.04. The number of benzene rings is 3. The molecule has 3 aromatic rings. The normalized spacial score (nSPS) is 7.60. The van der Waals surface area contributed by atoms with Crippen LogP contribution in [0.4, 0.5) is 0 Å². The van der Waals surface area contributed by atoms with Gasteiger partial charge in [-0.15, -0.1) is 0 Å². The molecule has 1 N–H and O–H groups in total. The number of carbonyl (C=O) groups is 3. The molecule has 0 saturated heterocycles. The van der Waals surface area contributed by atoms with E-state index >= 15 is 0 Å². The molecule has 0 saturated carbocycles. The van der Waals surface area contributed by atoms with Gasteiger partial charge in [0.15, 0.2) is 0 Å². The first-order valence-corrected chi connectivity index (χ1v) is 13.0. The molecule has 43 heavy (non-hydrogen) atoms. The maximum absolute atomic E-state index is 9.28. The third-order valence-electron chi connectivity index (χ3n) is 3.34. The Morgan fingerprint density at radius 1 is 0.558 bits per heavy atom. The SMILES string of the molecule is CC=Pc1ccccc1.[CH2-]/C=C/C=O.[CH2-]/C=C/C=O.[CH2-]C.[CH2-]C.[CH2-]C=O.[CH2-]O.[W+2].[W+2].[W+2].c1ccc(-c2ccccc2)cc1. The Kier molecular flexibility index (Phi) is 88.6. The molecule has 8 heteroatoms. The van der Waals surface area contributed by atoms with Crippen LogP contribution in [0.5, 0.6) is 0 Å². The molecule has 0 heterocycles. The summed E-state index contributed by atoms with van der Waals surface area (Å²) in [5.41, 5.74) is 2.55. The van der Waals surface area contributed by atoms with E-state index in [0.717, 1.165) is 0 Å².